The van der Waals surface area contributed by atoms with Crippen LogP contribution in [0.2, 0.25) is 0 Å². The van der Waals surface area contributed by atoms with E-state index in [2.05, 4.69) is 10.6 Å². The van der Waals surface area contributed by atoms with Gasteiger partial charge in [-0.3, -0.25) is 9.59 Å². The molecule has 2 saturated heterocycles. The topological polar surface area (TPSA) is 67.4 Å². The number of carbonyl (C=O) groups excluding carboxylic acids is 2. The smallest absolute Gasteiger partial charge is 0.249 e. The van der Waals surface area contributed by atoms with E-state index < -0.39 is 0 Å². The molecule has 2 aliphatic rings. The van der Waals surface area contributed by atoms with E-state index in [1.807, 2.05) is 0 Å². The molecule has 0 unspecified atom stereocenters. The van der Waals surface area contributed by atoms with Crippen LogP contribution in [0.4, 0.5) is 0 Å². The second kappa shape index (κ2) is 5.30. The monoisotopic (exact) mass is 226 g/mol. The second-order valence-electron chi connectivity index (χ2n) is 4.35. The Morgan fingerprint density at radius 2 is 2.19 bits per heavy atom. The lowest BCUT2D eigenvalue weighted by Gasteiger charge is -2.17. The van der Waals surface area contributed by atoms with E-state index in [0.717, 1.165) is 32.1 Å². The minimum Gasteiger partial charge on any atom is -0.368 e. The average Bonchev–Trinajstić information content (AvgIpc) is 2.73. The molecule has 2 aliphatic heterocycles. The Labute approximate surface area is 94.9 Å². The first-order valence-electron chi connectivity index (χ1n) is 5.97. The summed E-state index contributed by atoms with van der Waals surface area (Å²) in [5.41, 5.74) is 0. The third kappa shape index (κ3) is 2.72. The van der Waals surface area contributed by atoms with Gasteiger partial charge >= 0.3 is 0 Å². The lowest BCUT2D eigenvalue weighted by Crippen LogP contribution is -2.48. The largest absolute Gasteiger partial charge is 0.368 e. The molecule has 2 rings (SSSR count). The summed E-state index contributed by atoms with van der Waals surface area (Å²) in [6.45, 7) is 1.36. The zero-order valence-corrected chi connectivity index (χ0v) is 9.33. The molecule has 2 atom stereocenters. The van der Waals surface area contributed by atoms with E-state index in [0.29, 0.717) is 13.2 Å². The highest BCUT2D eigenvalue weighted by atomic mass is 16.5. The van der Waals surface area contributed by atoms with Crippen LogP contribution in [0, 0.1) is 0 Å². The molecule has 0 aliphatic carbocycles. The molecule has 16 heavy (non-hydrogen) atoms. The van der Waals surface area contributed by atoms with Gasteiger partial charge in [-0.15, -0.1) is 0 Å². The van der Waals surface area contributed by atoms with Crippen LogP contribution in [-0.4, -0.2) is 37.1 Å². The zero-order valence-electron chi connectivity index (χ0n) is 9.33. The van der Waals surface area contributed by atoms with E-state index in [1.165, 1.54) is 0 Å². The van der Waals surface area contributed by atoms with Crippen LogP contribution >= 0.6 is 0 Å². The quantitative estimate of drug-likeness (QED) is 0.693. The van der Waals surface area contributed by atoms with Gasteiger partial charge < -0.3 is 15.4 Å². The highest BCUT2D eigenvalue weighted by Crippen LogP contribution is 2.13. The molecule has 90 valence electrons. The van der Waals surface area contributed by atoms with Crippen LogP contribution in [0.1, 0.15) is 32.1 Å². The molecule has 5 heteroatoms. The van der Waals surface area contributed by atoms with Crippen molar-refractivity contribution in [1.82, 2.24) is 10.6 Å². The van der Waals surface area contributed by atoms with Crippen LogP contribution in [-0.2, 0) is 14.3 Å². The molecule has 0 radical (unpaired) electrons. The maximum Gasteiger partial charge on any atom is 0.249 e. The molecular weight excluding hydrogens is 208 g/mol. The van der Waals surface area contributed by atoms with E-state index in [9.17, 15) is 9.59 Å². The SMILES string of the molecule is O=C1NCCCC[C@@H]1NC(=O)[C@H]1CCCO1. The Morgan fingerprint density at radius 1 is 1.31 bits per heavy atom. The number of nitrogens with one attached hydrogen (secondary N) is 2. The van der Waals surface area contributed by atoms with Crippen molar-refractivity contribution < 1.29 is 14.3 Å². The number of hydrogen-bond donors (Lipinski definition) is 2. The Bertz CT molecular complexity index is 274. The van der Waals surface area contributed by atoms with Gasteiger partial charge in [0.05, 0.1) is 0 Å². The van der Waals surface area contributed by atoms with E-state index in [-0.39, 0.29) is 24.0 Å². The number of rotatable bonds is 2. The molecule has 2 N–H and O–H groups in total. The number of ether oxygens (including phenoxy) is 1. The van der Waals surface area contributed by atoms with Crippen LogP contribution in [0.3, 0.4) is 0 Å². The van der Waals surface area contributed by atoms with Crippen LogP contribution < -0.4 is 10.6 Å². The Morgan fingerprint density at radius 3 is 2.94 bits per heavy atom. The predicted molar refractivity (Wildman–Crippen MR) is 57.8 cm³/mol. The van der Waals surface area contributed by atoms with Crippen LogP contribution in [0.25, 0.3) is 0 Å². The molecule has 2 amide bonds. The minimum atomic E-state index is -0.376. The van der Waals surface area contributed by atoms with E-state index in [4.69, 9.17) is 4.74 Å². The van der Waals surface area contributed by atoms with Crippen molar-refractivity contribution in [3.05, 3.63) is 0 Å². The standard InChI is InChI=1S/C11H18N2O3/c14-10-8(4-1-2-6-12-10)13-11(15)9-5-3-7-16-9/h8-9H,1-7H2,(H,12,14)(H,13,15)/t8-,9+/m0/s1. The van der Waals surface area contributed by atoms with Crippen molar-refractivity contribution in [2.24, 2.45) is 0 Å². The van der Waals surface area contributed by atoms with Crippen molar-refractivity contribution in [3.63, 3.8) is 0 Å². The fourth-order valence-electron chi connectivity index (χ4n) is 2.13. The first-order valence-corrected chi connectivity index (χ1v) is 5.97. The normalized spacial score (nSPS) is 30.6. The van der Waals surface area contributed by atoms with Crippen LogP contribution in [0.15, 0.2) is 0 Å². The predicted octanol–water partition coefficient (Wildman–Crippen LogP) is -0.0497. The van der Waals surface area contributed by atoms with E-state index >= 15 is 0 Å². The molecule has 0 aromatic carbocycles. The average molecular weight is 226 g/mol. The highest BCUT2D eigenvalue weighted by Gasteiger charge is 2.28. The molecule has 0 saturated carbocycles. The Hall–Kier alpha value is -1.10. The fourth-order valence-corrected chi connectivity index (χ4v) is 2.13. The van der Waals surface area contributed by atoms with Crippen LogP contribution in [0.5, 0.6) is 0 Å². The van der Waals surface area contributed by atoms with Gasteiger partial charge in [0.2, 0.25) is 11.8 Å². The van der Waals surface area contributed by atoms with Crippen molar-refractivity contribution >= 4 is 11.8 Å². The van der Waals surface area contributed by atoms with Gasteiger partial charge in [0.25, 0.3) is 0 Å². The molecular formula is C11H18N2O3. The van der Waals surface area contributed by atoms with Crippen molar-refractivity contribution in [1.29, 1.82) is 0 Å². The summed E-state index contributed by atoms with van der Waals surface area (Å²) in [4.78, 5) is 23.4. The van der Waals surface area contributed by atoms with Gasteiger partial charge in [-0.05, 0) is 32.1 Å². The first kappa shape index (κ1) is 11.4. The Kier molecular flexibility index (Phi) is 3.77. The third-order valence-electron chi connectivity index (χ3n) is 3.07. The highest BCUT2D eigenvalue weighted by molar-refractivity contribution is 5.89. The molecule has 0 aromatic heterocycles. The summed E-state index contributed by atoms with van der Waals surface area (Å²) in [5, 5.41) is 5.57. The van der Waals surface area contributed by atoms with Gasteiger partial charge in [0.1, 0.15) is 12.1 Å². The molecule has 0 bridgehead atoms. The molecule has 0 spiro atoms. The second-order valence-corrected chi connectivity index (χ2v) is 4.35. The fraction of sp³-hybridized carbons (Fsp3) is 0.818. The van der Waals surface area contributed by atoms with Crippen molar-refractivity contribution in [3.8, 4) is 0 Å². The summed E-state index contributed by atoms with van der Waals surface area (Å²) in [6, 6.07) is -0.376. The maximum absolute atomic E-state index is 11.8. The number of carbonyl (C=O) groups is 2. The first-order chi connectivity index (χ1) is 7.77. The molecule has 2 heterocycles. The maximum atomic E-state index is 11.8. The zero-order chi connectivity index (χ0) is 11.4. The summed E-state index contributed by atoms with van der Waals surface area (Å²) >= 11 is 0. The number of hydrogen-bond acceptors (Lipinski definition) is 3. The van der Waals surface area contributed by atoms with Crippen molar-refractivity contribution in [2.75, 3.05) is 13.2 Å². The molecule has 5 nitrogen and oxygen atoms in total. The van der Waals surface area contributed by atoms with E-state index in [1.54, 1.807) is 0 Å². The summed E-state index contributed by atoms with van der Waals surface area (Å²) in [7, 11) is 0. The van der Waals surface area contributed by atoms with Gasteiger partial charge in [0.15, 0.2) is 0 Å². The summed E-state index contributed by atoms with van der Waals surface area (Å²) in [5.74, 6) is -0.205. The van der Waals surface area contributed by atoms with Gasteiger partial charge in [0, 0.05) is 13.2 Å². The molecule has 2 fully saturated rings. The lowest BCUT2D eigenvalue weighted by atomic mass is 10.1. The summed E-state index contributed by atoms with van der Waals surface area (Å²) < 4.78 is 5.28. The van der Waals surface area contributed by atoms with Crippen molar-refractivity contribution in [2.45, 2.75) is 44.2 Å². The number of amides is 2. The van der Waals surface area contributed by atoms with Gasteiger partial charge in [-0.25, -0.2) is 0 Å². The Balaban J connectivity index is 1.86. The molecule has 0 aromatic rings. The van der Waals surface area contributed by atoms with Gasteiger partial charge in [-0.1, -0.05) is 0 Å². The van der Waals surface area contributed by atoms with Gasteiger partial charge in [-0.2, -0.15) is 0 Å². The minimum absolute atomic E-state index is 0.0659. The lowest BCUT2D eigenvalue weighted by molar-refractivity contribution is -0.134. The third-order valence-corrected chi connectivity index (χ3v) is 3.07. The summed E-state index contributed by atoms with van der Waals surface area (Å²) in [6.07, 6.45) is 4.02.